The average Bonchev–Trinajstić information content (AvgIpc) is 3.04. The van der Waals surface area contributed by atoms with Crippen molar-refractivity contribution in [1.29, 1.82) is 0 Å². The fourth-order valence-corrected chi connectivity index (χ4v) is 3.48. The molecular formula is C19H28N4O2S. The van der Waals surface area contributed by atoms with Gasteiger partial charge < -0.3 is 20.1 Å². The van der Waals surface area contributed by atoms with Crippen LogP contribution >= 0.6 is 11.3 Å². The summed E-state index contributed by atoms with van der Waals surface area (Å²) in [6.45, 7) is 5.88. The van der Waals surface area contributed by atoms with Crippen molar-refractivity contribution in [3.63, 3.8) is 0 Å². The van der Waals surface area contributed by atoms with E-state index in [9.17, 15) is 0 Å². The maximum Gasteiger partial charge on any atom is 0.218 e. The van der Waals surface area contributed by atoms with Crippen LogP contribution < -0.4 is 15.4 Å². The Kier molecular flexibility index (Phi) is 8.37. The quantitative estimate of drug-likeness (QED) is 0.400. The van der Waals surface area contributed by atoms with Crippen molar-refractivity contribution in [2.45, 2.75) is 32.9 Å². The summed E-state index contributed by atoms with van der Waals surface area (Å²) in [7, 11) is 3.43. The van der Waals surface area contributed by atoms with Crippen molar-refractivity contribution in [3.8, 4) is 5.88 Å². The van der Waals surface area contributed by atoms with E-state index >= 15 is 0 Å². The van der Waals surface area contributed by atoms with Crippen LogP contribution in [0.3, 0.4) is 0 Å². The predicted octanol–water partition coefficient (Wildman–Crippen LogP) is 2.77. The molecule has 7 heteroatoms. The van der Waals surface area contributed by atoms with E-state index in [1.165, 1.54) is 9.75 Å². The first-order valence-electron chi connectivity index (χ1n) is 8.70. The molecule has 2 aromatic rings. The number of pyridine rings is 1. The third-order valence-corrected chi connectivity index (χ3v) is 4.76. The summed E-state index contributed by atoms with van der Waals surface area (Å²) in [6.07, 6.45) is 2.70. The Morgan fingerprint density at radius 3 is 2.85 bits per heavy atom. The first-order chi connectivity index (χ1) is 12.6. The number of aromatic nitrogens is 1. The summed E-state index contributed by atoms with van der Waals surface area (Å²) in [5.41, 5.74) is 0.980. The molecule has 0 aliphatic rings. The minimum Gasteiger partial charge on any atom is -0.475 e. The molecule has 0 radical (unpaired) electrons. The Balaban J connectivity index is 1.86. The third-order valence-electron chi connectivity index (χ3n) is 3.73. The summed E-state index contributed by atoms with van der Waals surface area (Å²) in [6, 6.07) is 8.53. The smallest absolute Gasteiger partial charge is 0.218 e. The molecular weight excluding hydrogens is 348 g/mol. The molecule has 0 saturated heterocycles. The molecule has 6 nitrogen and oxygen atoms in total. The van der Waals surface area contributed by atoms with Crippen LogP contribution in [0.4, 0.5) is 0 Å². The molecule has 1 unspecified atom stereocenters. The van der Waals surface area contributed by atoms with Crippen molar-refractivity contribution in [2.24, 2.45) is 4.99 Å². The Hall–Kier alpha value is -2.12. The number of nitrogens with one attached hydrogen (secondary N) is 2. The van der Waals surface area contributed by atoms with Crippen molar-refractivity contribution in [2.75, 3.05) is 27.4 Å². The number of nitrogens with zero attached hydrogens (tertiary/aromatic N) is 2. The van der Waals surface area contributed by atoms with Gasteiger partial charge in [0.25, 0.3) is 0 Å². The van der Waals surface area contributed by atoms with Crippen LogP contribution in [0.1, 0.15) is 22.2 Å². The highest BCUT2D eigenvalue weighted by Crippen LogP contribution is 2.17. The summed E-state index contributed by atoms with van der Waals surface area (Å²) in [5, 5.41) is 6.76. The summed E-state index contributed by atoms with van der Waals surface area (Å²) < 4.78 is 10.7. The SMILES string of the molecule is CN=C(NCc1cccnc1OCCOC)NC(C)Cc1ccc(C)s1. The van der Waals surface area contributed by atoms with Gasteiger partial charge in [-0.15, -0.1) is 11.3 Å². The highest BCUT2D eigenvalue weighted by molar-refractivity contribution is 7.11. The Morgan fingerprint density at radius 2 is 2.15 bits per heavy atom. The van der Waals surface area contributed by atoms with E-state index in [2.05, 4.69) is 46.6 Å². The normalized spacial score (nSPS) is 12.7. The van der Waals surface area contributed by atoms with Gasteiger partial charge in [0.05, 0.1) is 6.61 Å². The molecule has 0 saturated carbocycles. The second-order valence-corrected chi connectivity index (χ2v) is 7.37. The van der Waals surface area contributed by atoms with E-state index in [-0.39, 0.29) is 6.04 Å². The molecule has 0 aliphatic heterocycles. The number of rotatable bonds is 9. The molecule has 2 rings (SSSR count). The van der Waals surface area contributed by atoms with Gasteiger partial charge in [-0.1, -0.05) is 6.07 Å². The van der Waals surface area contributed by atoms with Gasteiger partial charge in [0.1, 0.15) is 6.61 Å². The van der Waals surface area contributed by atoms with Crippen LogP contribution in [0.5, 0.6) is 5.88 Å². The second-order valence-electron chi connectivity index (χ2n) is 6.00. The molecule has 2 aromatic heterocycles. The van der Waals surface area contributed by atoms with E-state index in [0.29, 0.717) is 25.6 Å². The van der Waals surface area contributed by atoms with Gasteiger partial charge in [0.15, 0.2) is 5.96 Å². The first kappa shape index (κ1) is 20.2. The topological polar surface area (TPSA) is 67.8 Å². The Morgan fingerprint density at radius 1 is 1.31 bits per heavy atom. The Bertz CT molecular complexity index is 702. The van der Waals surface area contributed by atoms with Gasteiger partial charge in [-0.25, -0.2) is 4.98 Å². The van der Waals surface area contributed by atoms with Gasteiger partial charge in [-0.05, 0) is 32.0 Å². The van der Waals surface area contributed by atoms with Gasteiger partial charge in [0.2, 0.25) is 5.88 Å². The molecule has 0 aliphatic carbocycles. The number of aryl methyl sites for hydroxylation is 1. The number of guanidine groups is 1. The van der Waals surface area contributed by atoms with E-state index < -0.39 is 0 Å². The third kappa shape index (κ3) is 6.65. The molecule has 0 amide bonds. The highest BCUT2D eigenvalue weighted by Gasteiger charge is 2.10. The van der Waals surface area contributed by atoms with Crippen molar-refractivity contribution >= 4 is 17.3 Å². The standard InChI is InChI=1S/C19H28N4O2S/c1-14(12-17-8-7-15(2)26-17)23-19(20-3)22-13-16-6-5-9-21-18(16)25-11-10-24-4/h5-9,14H,10-13H2,1-4H3,(H2,20,22,23). The van der Waals surface area contributed by atoms with Crippen LogP contribution in [-0.4, -0.2) is 44.4 Å². The number of methoxy groups -OCH3 is 1. The van der Waals surface area contributed by atoms with E-state index in [1.807, 2.05) is 23.5 Å². The summed E-state index contributed by atoms with van der Waals surface area (Å²) >= 11 is 1.84. The van der Waals surface area contributed by atoms with Gasteiger partial charge in [0, 0.05) is 54.7 Å². The molecule has 0 bridgehead atoms. The van der Waals surface area contributed by atoms with Gasteiger partial charge >= 0.3 is 0 Å². The van der Waals surface area contributed by atoms with E-state index in [1.54, 1.807) is 20.4 Å². The number of hydrogen-bond acceptors (Lipinski definition) is 5. The fraction of sp³-hybridized carbons (Fsp3) is 0.474. The molecule has 2 N–H and O–H groups in total. The van der Waals surface area contributed by atoms with Crippen LogP contribution in [0.2, 0.25) is 0 Å². The molecule has 142 valence electrons. The predicted molar refractivity (Wildman–Crippen MR) is 107 cm³/mol. The lowest BCUT2D eigenvalue weighted by Gasteiger charge is -2.18. The zero-order valence-electron chi connectivity index (χ0n) is 15.9. The maximum atomic E-state index is 5.67. The van der Waals surface area contributed by atoms with Crippen molar-refractivity contribution < 1.29 is 9.47 Å². The lowest BCUT2D eigenvalue weighted by atomic mass is 10.2. The number of ether oxygens (including phenoxy) is 2. The second kappa shape index (κ2) is 10.8. The lowest BCUT2D eigenvalue weighted by molar-refractivity contribution is 0.143. The van der Waals surface area contributed by atoms with Crippen molar-refractivity contribution in [1.82, 2.24) is 15.6 Å². The van der Waals surface area contributed by atoms with Crippen LogP contribution in [0.15, 0.2) is 35.5 Å². The van der Waals surface area contributed by atoms with Crippen LogP contribution in [0, 0.1) is 6.92 Å². The molecule has 0 aromatic carbocycles. The zero-order valence-corrected chi connectivity index (χ0v) is 16.7. The zero-order chi connectivity index (χ0) is 18.8. The monoisotopic (exact) mass is 376 g/mol. The lowest BCUT2D eigenvalue weighted by Crippen LogP contribution is -2.42. The molecule has 2 heterocycles. The van der Waals surface area contributed by atoms with E-state index in [0.717, 1.165) is 17.9 Å². The molecule has 1 atom stereocenters. The highest BCUT2D eigenvalue weighted by atomic mass is 32.1. The van der Waals surface area contributed by atoms with Gasteiger partial charge in [-0.2, -0.15) is 0 Å². The number of aliphatic imine (C=N–C) groups is 1. The van der Waals surface area contributed by atoms with E-state index in [4.69, 9.17) is 9.47 Å². The first-order valence-corrected chi connectivity index (χ1v) is 9.52. The minimum absolute atomic E-state index is 0.283. The van der Waals surface area contributed by atoms with Crippen molar-refractivity contribution in [3.05, 3.63) is 45.8 Å². The average molecular weight is 377 g/mol. The summed E-state index contributed by atoms with van der Waals surface area (Å²) in [4.78, 5) is 11.3. The maximum absolute atomic E-state index is 5.67. The van der Waals surface area contributed by atoms with Gasteiger partial charge in [-0.3, -0.25) is 4.99 Å². The fourth-order valence-electron chi connectivity index (χ4n) is 2.46. The summed E-state index contributed by atoms with van der Waals surface area (Å²) in [5.74, 6) is 1.38. The largest absolute Gasteiger partial charge is 0.475 e. The number of hydrogen-bond donors (Lipinski definition) is 2. The minimum atomic E-state index is 0.283. The Labute approximate surface area is 159 Å². The van der Waals surface area contributed by atoms with Crippen LogP contribution in [-0.2, 0) is 17.7 Å². The van der Waals surface area contributed by atoms with Crippen LogP contribution in [0.25, 0.3) is 0 Å². The molecule has 26 heavy (non-hydrogen) atoms. The molecule has 0 spiro atoms. The number of thiophene rings is 1. The molecule has 0 fully saturated rings.